The molecule has 180 valence electrons. The van der Waals surface area contributed by atoms with Crippen LogP contribution in [0, 0.1) is 0 Å². The highest BCUT2D eigenvalue weighted by molar-refractivity contribution is 9.10. The Morgan fingerprint density at radius 2 is 1.61 bits per heavy atom. The molecule has 1 amide bonds. The fourth-order valence-electron chi connectivity index (χ4n) is 3.29. The van der Waals surface area contributed by atoms with Gasteiger partial charge in [0.15, 0.2) is 5.75 Å². The number of carbonyl (C=O) groups excluding carboxylic acids is 1. The zero-order valence-corrected chi connectivity index (χ0v) is 18.8. The molecule has 0 atom stereocenters. The third kappa shape index (κ3) is 6.31. The van der Waals surface area contributed by atoms with E-state index < -0.39 is 39.1 Å². The van der Waals surface area contributed by atoms with Crippen molar-refractivity contribution in [3.63, 3.8) is 0 Å². The van der Waals surface area contributed by atoms with Crippen molar-refractivity contribution in [3.05, 3.63) is 52.0 Å². The number of amides is 1. The van der Waals surface area contributed by atoms with Gasteiger partial charge in [0.1, 0.15) is 4.90 Å². The Morgan fingerprint density at radius 1 is 0.970 bits per heavy atom. The van der Waals surface area contributed by atoms with E-state index in [1.165, 1.54) is 24.3 Å². The lowest BCUT2D eigenvalue weighted by Crippen LogP contribution is -2.42. The Labute approximate surface area is 192 Å². The van der Waals surface area contributed by atoms with E-state index in [4.69, 9.17) is 0 Å². The van der Waals surface area contributed by atoms with Crippen molar-refractivity contribution in [2.75, 3.05) is 17.8 Å². The Balaban J connectivity index is 1.84. The van der Waals surface area contributed by atoms with Crippen LogP contribution in [0.2, 0.25) is 0 Å². The summed E-state index contributed by atoms with van der Waals surface area (Å²) in [7, 11) is -4.52. The van der Waals surface area contributed by atoms with Gasteiger partial charge in [0, 0.05) is 23.2 Å². The number of anilines is 1. The first-order valence-electron chi connectivity index (χ1n) is 9.22. The third-order valence-electron chi connectivity index (χ3n) is 4.71. The fraction of sp³-hybridized carbons (Fsp3) is 0.316. The van der Waals surface area contributed by atoms with Gasteiger partial charge in [-0.15, -0.1) is 13.2 Å². The molecule has 33 heavy (non-hydrogen) atoms. The number of sulfonamides is 1. The number of hydrogen-bond acceptors (Lipinski definition) is 4. The summed E-state index contributed by atoms with van der Waals surface area (Å²) in [6, 6.07) is 7.20. The monoisotopic (exact) mass is 560 g/mol. The van der Waals surface area contributed by atoms with Gasteiger partial charge in [0.05, 0.1) is 0 Å². The molecule has 0 spiro atoms. The summed E-state index contributed by atoms with van der Waals surface area (Å²) in [5, 5.41) is 0. The van der Waals surface area contributed by atoms with Crippen LogP contribution < -0.4 is 9.46 Å². The van der Waals surface area contributed by atoms with Crippen molar-refractivity contribution in [1.29, 1.82) is 0 Å². The van der Waals surface area contributed by atoms with Crippen molar-refractivity contribution in [2.24, 2.45) is 0 Å². The minimum absolute atomic E-state index is 0.00905. The molecule has 2 aromatic carbocycles. The smallest absolute Gasteiger partial charge is 0.404 e. The molecule has 3 rings (SSSR count). The predicted octanol–water partition coefficient (Wildman–Crippen LogP) is 4.64. The van der Waals surface area contributed by atoms with Crippen molar-refractivity contribution in [2.45, 2.75) is 30.3 Å². The first-order valence-corrected chi connectivity index (χ1v) is 11.5. The molecule has 1 aliphatic rings. The van der Waals surface area contributed by atoms with Crippen LogP contribution in [0.4, 0.5) is 32.0 Å². The summed E-state index contributed by atoms with van der Waals surface area (Å²) in [5.74, 6) is -2.90. The van der Waals surface area contributed by atoms with Crippen LogP contribution in [0.3, 0.4) is 0 Å². The number of hydrogen-bond donors (Lipinski definition) is 1. The number of nitrogens with one attached hydrogen (secondary N) is 1. The molecule has 6 nitrogen and oxygen atoms in total. The first kappa shape index (κ1) is 25.1. The molecule has 1 N–H and O–H groups in total. The number of ether oxygens (including phenoxy) is 1. The fourth-order valence-corrected chi connectivity index (χ4v) is 4.79. The molecule has 0 saturated carbocycles. The number of nitrogens with zero attached hydrogens (tertiary/aromatic N) is 1. The second-order valence-electron chi connectivity index (χ2n) is 7.02. The highest BCUT2D eigenvalue weighted by Crippen LogP contribution is 2.33. The zero-order chi connectivity index (χ0) is 24.6. The van der Waals surface area contributed by atoms with Crippen LogP contribution in [0.15, 0.2) is 45.8 Å². The lowest BCUT2D eigenvalue weighted by molar-refractivity contribution is -0.275. The Hall–Kier alpha value is -2.48. The topological polar surface area (TPSA) is 75.7 Å². The summed E-state index contributed by atoms with van der Waals surface area (Å²) in [6.07, 6.45) is -9.97. The van der Waals surface area contributed by atoms with E-state index in [1.807, 2.05) is 0 Å². The van der Waals surface area contributed by atoms with E-state index >= 15 is 0 Å². The number of carbonyl (C=O) groups is 1. The molecular formula is C19H15BrF6N2O4S. The van der Waals surface area contributed by atoms with Gasteiger partial charge >= 0.3 is 18.4 Å². The van der Waals surface area contributed by atoms with Gasteiger partial charge in [-0.2, -0.15) is 13.2 Å². The van der Waals surface area contributed by atoms with E-state index in [-0.39, 0.29) is 36.1 Å². The van der Waals surface area contributed by atoms with E-state index in [1.54, 1.807) is 0 Å². The Morgan fingerprint density at radius 3 is 2.21 bits per heavy atom. The van der Waals surface area contributed by atoms with Gasteiger partial charge in [0.25, 0.3) is 10.0 Å². The molecular weight excluding hydrogens is 546 g/mol. The molecule has 0 radical (unpaired) electrons. The zero-order valence-electron chi connectivity index (χ0n) is 16.4. The average Bonchev–Trinajstić information content (AvgIpc) is 2.87. The predicted molar refractivity (Wildman–Crippen MR) is 108 cm³/mol. The molecule has 0 saturated heterocycles. The summed E-state index contributed by atoms with van der Waals surface area (Å²) >= 11 is 2.95. The number of fused-ring (bicyclic) bond motifs is 1. The molecule has 0 fully saturated rings. The maximum atomic E-state index is 12.8. The Kier molecular flexibility index (Phi) is 6.89. The van der Waals surface area contributed by atoms with Gasteiger partial charge in [-0.3, -0.25) is 9.52 Å². The minimum Gasteiger partial charge on any atom is -0.404 e. The van der Waals surface area contributed by atoms with Gasteiger partial charge < -0.3 is 9.64 Å². The minimum atomic E-state index is -5.13. The number of benzene rings is 2. The first-order chi connectivity index (χ1) is 15.2. The van der Waals surface area contributed by atoms with Crippen molar-refractivity contribution in [1.82, 2.24) is 4.90 Å². The second-order valence-corrected chi connectivity index (χ2v) is 9.58. The normalized spacial score (nSPS) is 14.9. The molecule has 1 heterocycles. The van der Waals surface area contributed by atoms with Gasteiger partial charge in [0.2, 0.25) is 0 Å². The maximum Gasteiger partial charge on any atom is 0.573 e. The highest BCUT2D eigenvalue weighted by atomic mass is 79.9. The summed E-state index contributed by atoms with van der Waals surface area (Å²) in [5.41, 5.74) is 1.13. The van der Waals surface area contributed by atoms with Crippen molar-refractivity contribution in [3.8, 4) is 5.75 Å². The molecule has 1 aliphatic heterocycles. The van der Waals surface area contributed by atoms with E-state index in [0.717, 1.165) is 12.1 Å². The van der Waals surface area contributed by atoms with Crippen LogP contribution in [-0.4, -0.2) is 44.9 Å². The van der Waals surface area contributed by atoms with Gasteiger partial charge in [-0.05, 0) is 54.3 Å². The molecule has 14 heteroatoms. The summed E-state index contributed by atoms with van der Waals surface area (Å²) in [6.45, 7) is -0.384. The Bertz CT molecular complexity index is 1170. The van der Waals surface area contributed by atoms with Crippen molar-refractivity contribution < 1.29 is 44.3 Å². The quantitative estimate of drug-likeness (QED) is 0.553. The van der Waals surface area contributed by atoms with Crippen LogP contribution in [0.5, 0.6) is 5.75 Å². The van der Waals surface area contributed by atoms with Gasteiger partial charge in [-0.25, -0.2) is 8.42 Å². The molecule has 0 unspecified atom stereocenters. The largest absolute Gasteiger partial charge is 0.573 e. The standard InChI is InChI=1S/C19H15BrF6N2O4S/c20-13-2-4-16(15(10-13)32-19(24,25)26)33(30,31)27-14-3-1-11-5-7-28(8-6-12(11)9-14)17(29)18(21,22)23/h1-4,9-10,27H,5-8H2. The lowest BCUT2D eigenvalue weighted by Gasteiger charge is -2.21. The van der Waals surface area contributed by atoms with Gasteiger partial charge in [-0.1, -0.05) is 22.0 Å². The van der Waals surface area contributed by atoms with Crippen LogP contribution in [0.25, 0.3) is 0 Å². The highest BCUT2D eigenvalue weighted by Gasteiger charge is 2.42. The van der Waals surface area contributed by atoms with Crippen LogP contribution in [0.1, 0.15) is 11.1 Å². The summed E-state index contributed by atoms with van der Waals surface area (Å²) in [4.78, 5) is 11.4. The number of alkyl halides is 6. The SMILES string of the molecule is O=C(N1CCc2ccc(NS(=O)(=O)c3ccc(Br)cc3OC(F)(F)F)cc2CC1)C(F)(F)F. The van der Waals surface area contributed by atoms with E-state index in [2.05, 4.69) is 25.4 Å². The molecule has 2 aromatic rings. The number of halogens is 7. The van der Waals surface area contributed by atoms with Crippen molar-refractivity contribution >= 4 is 37.5 Å². The lowest BCUT2D eigenvalue weighted by atomic mass is 10.0. The maximum absolute atomic E-state index is 12.8. The van der Waals surface area contributed by atoms with Crippen LogP contribution in [-0.2, 0) is 27.7 Å². The van der Waals surface area contributed by atoms with E-state index in [0.29, 0.717) is 16.0 Å². The molecule has 0 aromatic heterocycles. The average molecular weight is 561 g/mol. The van der Waals surface area contributed by atoms with E-state index in [9.17, 15) is 39.6 Å². The third-order valence-corrected chi connectivity index (χ3v) is 6.63. The van der Waals surface area contributed by atoms with Crippen LogP contribution >= 0.6 is 15.9 Å². The summed E-state index contributed by atoms with van der Waals surface area (Å²) < 4.78 is 108. The molecule has 0 aliphatic carbocycles. The number of rotatable bonds is 4. The second kappa shape index (κ2) is 9.05. The molecule has 0 bridgehead atoms.